The smallest absolute Gasteiger partial charge is 0.433 e. The Morgan fingerprint density at radius 3 is 2.48 bits per heavy atom. The summed E-state index contributed by atoms with van der Waals surface area (Å²) in [6.07, 6.45) is -2.24. The number of hydrogen-bond acceptors (Lipinski definition) is 5. The van der Waals surface area contributed by atoms with E-state index in [1.807, 2.05) is 11.8 Å². The Kier molecular flexibility index (Phi) is 4.23. The normalized spacial score (nSPS) is 28.0. The minimum atomic E-state index is -4.54. The third-order valence-corrected chi connectivity index (χ3v) is 6.33. The van der Waals surface area contributed by atoms with Crippen LogP contribution >= 0.6 is 0 Å². The lowest BCUT2D eigenvalue weighted by Crippen LogP contribution is -2.34. The largest absolute Gasteiger partial charge is 0.481 e. The number of carboxylic acid groups (broad SMARTS) is 1. The average Bonchev–Trinajstić information content (AvgIpc) is 3.50. The number of nitrogens with zero attached hydrogens (tertiary/aromatic N) is 4. The predicted octanol–water partition coefficient (Wildman–Crippen LogP) is 2.89. The van der Waals surface area contributed by atoms with Gasteiger partial charge >= 0.3 is 12.1 Å². The van der Waals surface area contributed by atoms with Crippen molar-refractivity contribution >= 4 is 17.7 Å². The summed E-state index contributed by atoms with van der Waals surface area (Å²) in [7, 11) is 1.74. The predicted molar refractivity (Wildman–Crippen MR) is 92.6 cm³/mol. The molecule has 0 radical (unpaired) electrons. The summed E-state index contributed by atoms with van der Waals surface area (Å²) in [6.45, 7) is 3.10. The van der Waals surface area contributed by atoms with E-state index < -0.39 is 17.8 Å². The van der Waals surface area contributed by atoms with Crippen molar-refractivity contribution in [2.45, 2.75) is 38.4 Å². The molecular formula is C18H23F3N4O2. The van der Waals surface area contributed by atoms with E-state index >= 15 is 0 Å². The maximum absolute atomic E-state index is 13.4. The molecule has 2 heterocycles. The minimum Gasteiger partial charge on any atom is -0.481 e. The number of aliphatic carboxylic acids is 1. The first-order chi connectivity index (χ1) is 12.6. The highest BCUT2D eigenvalue weighted by molar-refractivity contribution is 5.68. The molecule has 4 atom stereocenters. The molecule has 1 aromatic heterocycles. The van der Waals surface area contributed by atoms with Gasteiger partial charge in [-0.25, -0.2) is 4.98 Å². The summed E-state index contributed by atoms with van der Waals surface area (Å²) in [4.78, 5) is 22.6. The Morgan fingerprint density at radius 1 is 1.33 bits per heavy atom. The highest BCUT2D eigenvalue weighted by Crippen LogP contribution is 2.54. The maximum atomic E-state index is 13.4. The number of alkyl halides is 3. The Labute approximate surface area is 155 Å². The molecule has 1 saturated heterocycles. The van der Waals surface area contributed by atoms with Crippen LogP contribution in [0.15, 0.2) is 6.07 Å². The monoisotopic (exact) mass is 384 g/mol. The molecule has 0 amide bonds. The van der Waals surface area contributed by atoms with E-state index in [2.05, 4.69) is 9.97 Å². The highest BCUT2D eigenvalue weighted by Gasteiger charge is 2.56. The van der Waals surface area contributed by atoms with Crippen molar-refractivity contribution in [1.29, 1.82) is 0 Å². The Bertz CT molecular complexity index is 741. The van der Waals surface area contributed by atoms with Crippen LogP contribution in [-0.2, 0) is 11.0 Å². The van der Waals surface area contributed by atoms with Crippen LogP contribution in [0.5, 0.6) is 0 Å². The summed E-state index contributed by atoms with van der Waals surface area (Å²) in [5, 5.41) is 8.92. The third kappa shape index (κ3) is 3.55. The summed E-state index contributed by atoms with van der Waals surface area (Å²) in [5.74, 6) is 0.645. The quantitative estimate of drug-likeness (QED) is 0.813. The van der Waals surface area contributed by atoms with Gasteiger partial charge in [0, 0.05) is 38.7 Å². The Balaban J connectivity index is 1.56. The fourth-order valence-electron chi connectivity index (χ4n) is 4.30. The van der Waals surface area contributed by atoms with Crippen LogP contribution in [-0.4, -0.2) is 47.2 Å². The molecular weight excluding hydrogens is 361 g/mol. The molecule has 0 spiro atoms. The first kappa shape index (κ1) is 18.3. The first-order valence-corrected chi connectivity index (χ1v) is 9.31. The van der Waals surface area contributed by atoms with Crippen molar-refractivity contribution in [2.24, 2.45) is 23.7 Å². The number of halogens is 3. The molecule has 0 bridgehead atoms. The van der Waals surface area contributed by atoms with Crippen LogP contribution in [0.2, 0.25) is 0 Å². The van der Waals surface area contributed by atoms with Crippen LogP contribution in [0.3, 0.4) is 0 Å². The second-order valence-corrected chi connectivity index (χ2v) is 8.09. The van der Waals surface area contributed by atoms with Crippen molar-refractivity contribution in [2.75, 3.05) is 29.9 Å². The first-order valence-electron chi connectivity index (χ1n) is 9.31. The van der Waals surface area contributed by atoms with Gasteiger partial charge in [0.15, 0.2) is 5.69 Å². The van der Waals surface area contributed by atoms with Gasteiger partial charge in [-0.2, -0.15) is 18.2 Å². The fourth-order valence-corrected chi connectivity index (χ4v) is 4.30. The zero-order valence-corrected chi connectivity index (χ0v) is 15.3. The number of carboxylic acids is 1. The standard InChI is InChI=1S/C18H23F3N4O2/c1-9(10-3-4-10)24(2)17-22-14(18(19,20)21)6-15(23-17)25-7-12-11(5-16(26)27)13(12)8-25/h6,9-13H,3-5,7-8H2,1-2H3,(H,26,27)/t9-,11-,12-,13+/m0/s1. The van der Waals surface area contributed by atoms with Crippen LogP contribution in [0.1, 0.15) is 31.9 Å². The zero-order chi connectivity index (χ0) is 19.5. The van der Waals surface area contributed by atoms with Gasteiger partial charge in [-0.3, -0.25) is 4.79 Å². The Morgan fingerprint density at radius 2 is 1.96 bits per heavy atom. The van der Waals surface area contributed by atoms with Gasteiger partial charge in [0.1, 0.15) is 5.82 Å². The van der Waals surface area contributed by atoms with E-state index in [1.165, 1.54) is 0 Å². The second-order valence-electron chi connectivity index (χ2n) is 8.09. The van der Waals surface area contributed by atoms with Crippen LogP contribution < -0.4 is 9.80 Å². The molecule has 4 rings (SSSR count). The number of anilines is 2. The van der Waals surface area contributed by atoms with Crippen molar-refractivity contribution in [3.8, 4) is 0 Å². The summed E-state index contributed by atoms with van der Waals surface area (Å²) in [6, 6.07) is 1.10. The van der Waals surface area contributed by atoms with E-state index in [-0.39, 0.29) is 42.0 Å². The molecule has 6 nitrogen and oxygen atoms in total. The highest BCUT2D eigenvalue weighted by atomic mass is 19.4. The van der Waals surface area contributed by atoms with E-state index in [1.54, 1.807) is 11.9 Å². The fraction of sp³-hybridized carbons (Fsp3) is 0.722. The SMILES string of the molecule is C[C@@H](C1CC1)N(C)c1nc(N2C[C@@H]3[C@@H](CC(=O)O)[C@@H]3C2)cc(C(F)(F)F)n1. The molecule has 3 fully saturated rings. The molecule has 9 heteroatoms. The lowest BCUT2D eigenvalue weighted by atomic mass is 10.2. The van der Waals surface area contributed by atoms with Crippen molar-refractivity contribution in [3.63, 3.8) is 0 Å². The number of piperidine rings is 1. The molecule has 2 aliphatic carbocycles. The number of aromatic nitrogens is 2. The summed E-state index contributed by atoms with van der Waals surface area (Å²) in [5.41, 5.74) is -0.931. The number of rotatable bonds is 6. The molecule has 1 N–H and O–H groups in total. The number of hydrogen-bond donors (Lipinski definition) is 1. The maximum Gasteiger partial charge on any atom is 0.433 e. The lowest BCUT2D eigenvalue weighted by molar-refractivity contribution is -0.141. The lowest BCUT2D eigenvalue weighted by Gasteiger charge is -2.28. The third-order valence-electron chi connectivity index (χ3n) is 6.33. The number of carbonyl (C=O) groups is 1. The molecule has 0 unspecified atom stereocenters. The van der Waals surface area contributed by atoms with Gasteiger partial charge in [-0.1, -0.05) is 0 Å². The average molecular weight is 384 g/mol. The molecule has 0 aromatic carbocycles. The van der Waals surface area contributed by atoms with Crippen molar-refractivity contribution in [3.05, 3.63) is 11.8 Å². The van der Waals surface area contributed by atoms with Crippen LogP contribution in [0, 0.1) is 23.7 Å². The van der Waals surface area contributed by atoms with Gasteiger partial charge < -0.3 is 14.9 Å². The molecule has 2 saturated carbocycles. The van der Waals surface area contributed by atoms with E-state index in [9.17, 15) is 18.0 Å². The van der Waals surface area contributed by atoms with E-state index in [4.69, 9.17) is 5.11 Å². The molecule has 27 heavy (non-hydrogen) atoms. The number of fused-ring (bicyclic) bond motifs is 1. The van der Waals surface area contributed by atoms with Gasteiger partial charge in [-0.15, -0.1) is 0 Å². The van der Waals surface area contributed by atoms with E-state index in [0.29, 0.717) is 19.0 Å². The molecule has 1 aliphatic heterocycles. The summed E-state index contributed by atoms with van der Waals surface area (Å²) >= 11 is 0. The minimum absolute atomic E-state index is 0.0910. The van der Waals surface area contributed by atoms with E-state index in [0.717, 1.165) is 18.9 Å². The topological polar surface area (TPSA) is 69.6 Å². The van der Waals surface area contributed by atoms with Gasteiger partial charge in [0.05, 0.1) is 0 Å². The van der Waals surface area contributed by atoms with Crippen LogP contribution in [0.4, 0.5) is 24.9 Å². The van der Waals surface area contributed by atoms with Crippen LogP contribution in [0.25, 0.3) is 0 Å². The second kappa shape index (κ2) is 6.24. The zero-order valence-electron chi connectivity index (χ0n) is 15.3. The molecule has 3 aliphatic rings. The van der Waals surface area contributed by atoms with Gasteiger partial charge in [-0.05, 0) is 43.4 Å². The van der Waals surface area contributed by atoms with Crippen molar-refractivity contribution in [1.82, 2.24) is 9.97 Å². The molecule has 1 aromatic rings. The molecule has 148 valence electrons. The van der Waals surface area contributed by atoms with Gasteiger partial charge in [0.25, 0.3) is 0 Å². The summed E-state index contributed by atoms with van der Waals surface area (Å²) < 4.78 is 40.1. The Hall–Kier alpha value is -2.06. The van der Waals surface area contributed by atoms with Crippen molar-refractivity contribution < 1.29 is 23.1 Å². The van der Waals surface area contributed by atoms with Gasteiger partial charge in [0.2, 0.25) is 5.95 Å².